The number of amides is 2. The third-order valence-electron chi connectivity index (χ3n) is 5.63. The third kappa shape index (κ3) is 6.56. The molecule has 1 aromatic carbocycles. The van der Waals surface area contributed by atoms with Gasteiger partial charge in [0.05, 0.1) is 30.0 Å². The molecule has 1 aromatic rings. The van der Waals surface area contributed by atoms with E-state index < -0.39 is 0 Å². The highest BCUT2D eigenvalue weighted by molar-refractivity contribution is 8.04. The minimum atomic E-state index is -0.291. The van der Waals surface area contributed by atoms with Crippen molar-refractivity contribution in [2.45, 2.75) is 33.1 Å². The zero-order valence-electron chi connectivity index (χ0n) is 19.0. The lowest BCUT2D eigenvalue weighted by Crippen LogP contribution is -2.36. The summed E-state index contributed by atoms with van der Waals surface area (Å²) >= 11 is 7.83. The predicted octanol–water partition coefficient (Wildman–Crippen LogP) is 4.13. The quantitative estimate of drug-likeness (QED) is 0.543. The van der Waals surface area contributed by atoms with Crippen molar-refractivity contribution < 1.29 is 19.1 Å². The molecule has 2 aliphatic heterocycles. The topological polar surface area (TPSA) is 79.9 Å². The number of thioether (sulfide) groups is 1. The molecule has 1 fully saturated rings. The van der Waals surface area contributed by atoms with Gasteiger partial charge in [-0.2, -0.15) is 0 Å². The first kappa shape index (κ1) is 24.7. The first-order valence-electron chi connectivity index (χ1n) is 11.0. The van der Waals surface area contributed by atoms with Gasteiger partial charge in [-0.1, -0.05) is 18.5 Å². The number of halogens is 1. The molecule has 0 radical (unpaired) electrons. The van der Waals surface area contributed by atoms with Gasteiger partial charge in [0.1, 0.15) is 16.4 Å². The molecule has 9 heteroatoms. The van der Waals surface area contributed by atoms with Crippen LogP contribution in [0.4, 0.5) is 5.69 Å². The van der Waals surface area contributed by atoms with E-state index in [4.69, 9.17) is 21.1 Å². The fraction of sp³-hybridized carbons (Fsp3) is 0.565. The van der Waals surface area contributed by atoms with Crippen LogP contribution in [0.25, 0.3) is 0 Å². The van der Waals surface area contributed by atoms with E-state index in [0.717, 1.165) is 32.0 Å². The van der Waals surface area contributed by atoms with Gasteiger partial charge >= 0.3 is 0 Å². The fourth-order valence-corrected chi connectivity index (χ4v) is 5.02. The van der Waals surface area contributed by atoms with Crippen LogP contribution in [0, 0.1) is 5.92 Å². The summed E-state index contributed by atoms with van der Waals surface area (Å²) in [5, 5.41) is 6.02. The van der Waals surface area contributed by atoms with Crippen molar-refractivity contribution in [3.8, 4) is 5.75 Å². The molecule has 0 aromatic heterocycles. The number of anilines is 1. The molecule has 1 atom stereocenters. The Labute approximate surface area is 199 Å². The standard InChI is InChI=1S/C23H32ClN3O4S/c1-15-6-4-8-27(14-15)9-5-7-25-22(28)17-12-18(24)19(13-20(17)30-3)26-23(29)21-16(2)31-10-11-32-21/h12-13,15H,4-11,14H2,1-3H3,(H,25,28)(H,26,29). The SMILES string of the molecule is COc1cc(NC(=O)C2=C(C)OCCS2)c(Cl)cc1C(=O)NCCCN1CCCC(C)C1. The Bertz CT molecular complexity index is 877. The Morgan fingerprint density at radius 1 is 1.34 bits per heavy atom. The van der Waals surface area contributed by atoms with Crippen molar-refractivity contribution in [1.29, 1.82) is 0 Å². The summed E-state index contributed by atoms with van der Waals surface area (Å²) in [7, 11) is 1.49. The van der Waals surface area contributed by atoms with Gasteiger partial charge in [-0.05, 0) is 51.3 Å². The molecule has 0 saturated carbocycles. The first-order valence-corrected chi connectivity index (χ1v) is 12.4. The number of methoxy groups -OCH3 is 1. The summed E-state index contributed by atoms with van der Waals surface area (Å²) in [4.78, 5) is 28.3. The Morgan fingerprint density at radius 3 is 2.88 bits per heavy atom. The molecule has 2 amide bonds. The smallest absolute Gasteiger partial charge is 0.265 e. The molecule has 2 N–H and O–H groups in total. The number of nitrogens with one attached hydrogen (secondary N) is 2. The van der Waals surface area contributed by atoms with Gasteiger partial charge in [-0.25, -0.2) is 0 Å². The number of benzene rings is 1. The number of allylic oxidation sites excluding steroid dienone is 1. The highest BCUT2D eigenvalue weighted by Crippen LogP contribution is 2.33. The third-order valence-corrected chi connectivity index (χ3v) is 7.08. The number of rotatable bonds is 8. The summed E-state index contributed by atoms with van der Waals surface area (Å²) in [5.74, 6) is 1.87. The lowest BCUT2D eigenvalue weighted by atomic mass is 10.0. The van der Waals surface area contributed by atoms with Crippen LogP contribution in [0.5, 0.6) is 5.75 Å². The van der Waals surface area contributed by atoms with Gasteiger partial charge in [0.2, 0.25) is 0 Å². The predicted molar refractivity (Wildman–Crippen MR) is 130 cm³/mol. The van der Waals surface area contributed by atoms with Gasteiger partial charge in [0, 0.05) is 24.9 Å². The van der Waals surface area contributed by atoms with Crippen molar-refractivity contribution in [3.63, 3.8) is 0 Å². The maximum Gasteiger partial charge on any atom is 0.265 e. The zero-order chi connectivity index (χ0) is 23.1. The van der Waals surface area contributed by atoms with Crippen LogP contribution in [-0.2, 0) is 9.53 Å². The van der Waals surface area contributed by atoms with Crippen LogP contribution in [0.3, 0.4) is 0 Å². The van der Waals surface area contributed by atoms with Crippen LogP contribution in [0.1, 0.15) is 43.5 Å². The number of hydrogen-bond acceptors (Lipinski definition) is 6. The second-order valence-electron chi connectivity index (χ2n) is 8.23. The molecule has 2 heterocycles. The summed E-state index contributed by atoms with van der Waals surface area (Å²) < 4.78 is 10.9. The Morgan fingerprint density at radius 2 is 2.16 bits per heavy atom. The van der Waals surface area contributed by atoms with Crippen LogP contribution in [0.15, 0.2) is 22.8 Å². The number of ether oxygens (including phenoxy) is 2. The average Bonchev–Trinajstić information content (AvgIpc) is 2.78. The van der Waals surface area contributed by atoms with E-state index in [1.54, 1.807) is 13.0 Å². The monoisotopic (exact) mass is 481 g/mol. The Hall–Kier alpha value is -1.90. The minimum Gasteiger partial charge on any atom is -0.496 e. The highest BCUT2D eigenvalue weighted by Gasteiger charge is 2.22. The summed E-state index contributed by atoms with van der Waals surface area (Å²) in [6.07, 6.45) is 3.43. The van der Waals surface area contributed by atoms with Gasteiger partial charge in [0.15, 0.2) is 0 Å². The van der Waals surface area contributed by atoms with Crippen LogP contribution < -0.4 is 15.4 Å². The van der Waals surface area contributed by atoms with Crippen molar-refractivity contribution in [2.24, 2.45) is 5.92 Å². The molecule has 1 saturated heterocycles. The van der Waals surface area contributed by atoms with Gasteiger partial charge < -0.3 is 25.0 Å². The molecule has 0 bridgehead atoms. The maximum absolute atomic E-state index is 12.7. The molecule has 2 aliphatic rings. The number of carbonyl (C=O) groups excluding carboxylic acids is 2. The van der Waals surface area contributed by atoms with Gasteiger partial charge in [-0.3, -0.25) is 9.59 Å². The number of piperidine rings is 1. The largest absolute Gasteiger partial charge is 0.496 e. The van der Waals surface area contributed by atoms with Crippen molar-refractivity contribution in [3.05, 3.63) is 33.4 Å². The van der Waals surface area contributed by atoms with Crippen LogP contribution in [-0.4, -0.2) is 62.4 Å². The summed E-state index contributed by atoms with van der Waals surface area (Å²) in [6, 6.07) is 3.11. The van der Waals surface area contributed by atoms with E-state index >= 15 is 0 Å². The van der Waals surface area contributed by atoms with E-state index in [1.807, 2.05) is 0 Å². The van der Waals surface area contributed by atoms with Crippen LogP contribution in [0.2, 0.25) is 5.02 Å². The van der Waals surface area contributed by atoms with Crippen molar-refractivity contribution >= 4 is 40.9 Å². The number of hydrogen-bond donors (Lipinski definition) is 2. The summed E-state index contributed by atoms with van der Waals surface area (Å²) in [5.41, 5.74) is 0.726. The second-order valence-corrected chi connectivity index (χ2v) is 9.74. The van der Waals surface area contributed by atoms with E-state index in [1.165, 1.54) is 37.8 Å². The van der Waals surface area contributed by atoms with Gasteiger partial charge in [0.25, 0.3) is 11.8 Å². The molecule has 0 aliphatic carbocycles. The molecule has 176 valence electrons. The molecule has 0 spiro atoms. The molecule has 3 rings (SSSR count). The second kappa shape index (κ2) is 11.8. The Balaban J connectivity index is 1.59. The van der Waals surface area contributed by atoms with E-state index in [-0.39, 0.29) is 16.8 Å². The maximum atomic E-state index is 12.7. The highest BCUT2D eigenvalue weighted by atomic mass is 35.5. The normalized spacial score (nSPS) is 19.3. The number of likely N-dealkylation sites (tertiary alicyclic amines) is 1. The minimum absolute atomic E-state index is 0.247. The molecule has 32 heavy (non-hydrogen) atoms. The average molecular weight is 482 g/mol. The summed E-state index contributed by atoms with van der Waals surface area (Å²) in [6.45, 7) is 8.46. The first-order chi connectivity index (χ1) is 15.4. The van der Waals surface area contributed by atoms with Gasteiger partial charge in [-0.15, -0.1) is 11.8 Å². The molecule has 7 nitrogen and oxygen atoms in total. The Kier molecular flexibility index (Phi) is 9.13. The van der Waals surface area contributed by atoms with E-state index in [2.05, 4.69) is 22.5 Å². The molecular formula is C23H32ClN3O4S. The molecular weight excluding hydrogens is 450 g/mol. The number of nitrogens with zero attached hydrogens (tertiary/aromatic N) is 1. The lowest BCUT2D eigenvalue weighted by Gasteiger charge is -2.30. The fourth-order valence-electron chi connectivity index (χ4n) is 4.00. The van der Waals surface area contributed by atoms with Crippen molar-refractivity contribution in [1.82, 2.24) is 10.2 Å². The van der Waals surface area contributed by atoms with Crippen molar-refractivity contribution in [2.75, 3.05) is 51.0 Å². The lowest BCUT2D eigenvalue weighted by molar-refractivity contribution is -0.112. The zero-order valence-corrected chi connectivity index (χ0v) is 20.5. The molecule has 1 unspecified atom stereocenters. The van der Waals surface area contributed by atoms with E-state index in [0.29, 0.717) is 46.6 Å². The van der Waals surface area contributed by atoms with E-state index in [9.17, 15) is 9.59 Å². The van der Waals surface area contributed by atoms with Crippen LogP contribution >= 0.6 is 23.4 Å². The number of carbonyl (C=O) groups is 2.